The second-order valence-electron chi connectivity index (χ2n) is 7.13. The average molecular weight is 430 g/mol. The van der Waals surface area contributed by atoms with Crippen LogP contribution in [0.4, 0.5) is 0 Å². The van der Waals surface area contributed by atoms with Gasteiger partial charge in [0, 0.05) is 22.3 Å². The number of carbonyl (C=O) groups is 4. The van der Waals surface area contributed by atoms with Crippen LogP contribution in [0.25, 0.3) is 0 Å². The molecule has 0 atom stereocenters. The predicted octanol–water partition coefficient (Wildman–Crippen LogP) is 2.45. The summed E-state index contributed by atoms with van der Waals surface area (Å²) in [6, 6.07) is 19.5. The van der Waals surface area contributed by atoms with Crippen LogP contribution in [0.5, 0.6) is 0 Å². The third-order valence-corrected chi connectivity index (χ3v) is 4.62. The highest BCUT2D eigenvalue weighted by Gasteiger charge is 2.12. The Labute approximate surface area is 185 Å². The first-order chi connectivity index (χ1) is 15.3. The SMILES string of the molecule is Cc1ccc(C(=O)NNC(=O)c2ccc(C(=O)NNC(=O)c3ccc(C)cc3)cc2)cc1. The Bertz CT molecular complexity index is 1050. The molecule has 0 saturated carbocycles. The molecule has 0 fully saturated rings. The maximum Gasteiger partial charge on any atom is 0.269 e. The minimum atomic E-state index is -0.537. The first-order valence-electron chi connectivity index (χ1n) is 9.78. The van der Waals surface area contributed by atoms with Crippen molar-refractivity contribution in [1.82, 2.24) is 21.7 Å². The molecule has 0 aliphatic carbocycles. The number of aryl methyl sites for hydroxylation is 2. The van der Waals surface area contributed by atoms with Crippen molar-refractivity contribution in [3.63, 3.8) is 0 Å². The molecule has 8 heteroatoms. The third-order valence-electron chi connectivity index (χ3n) is 4.62. The number of rotatable bonds is 4. The van der Waals surface area contributed by atoms with Crippen LogP contribution in [0.2, 0.25) is 0 Å². The minimum Gasteiger partial charge on any atom is -0.267 e. The third kappa shape index (κ3) is 5.79. The van der Waals surface area contributed by atoms with Crippen LogP contribution < -0.4 is 21.7 Å². The van der Waals surface area contributed by atoms with E-state index in [1.54, 1.807) is 48.5 Å². The van der Waals surface area contributed by atoms with Gasteiger partial charge in [0.2, 0.25) is 0 Å². The molecule has 162 valence electrons. The molecule has 0 aliphatic rings. The molecular weight excluding hydrogens is 408 g/mol. The summed E-state index contributed by atoms with van der Waals surface area (Å²) >= 11 is 0. The molecule has 4 N–H and O–H groups in total. The number of amides is 4. The molecule has 0 saturated heterocycles. The lowest BCUT2D eigenvalue weighted by Gasteiger charge is -2.09. The molecule has 0 spiro atoms. The van der Waals surface area contributed by atoms with E-state index in [1.807, 2.05) is 13.8 Å². The maximum absolute atomic E-state index is 12.2. The lowest BCUT2D eigenvalue weighted by atomic mass is 10.1. The highest BCUT2D eigenvalue weighted by atomic mass is 16.2. The van der Waals surface area contributed by atoms with Gasteiger partial charge in [-0.1, -0.05) is 35.4 Å². The second kappa shape index (κ2) is 10.0. The zero-order valence-electron chi connectivity index (χ0n) is 17.6. The van der Waals surface area contributed by atoms with Crippen LogP contribution in [-0.4, -0.2) is 23.6 Å². The second-order valence-corrected chi connectivity index (χ2v) is 7.13. The Morgan fingerprint density at radius 2 is 0.594 bits per heavy atom. The zero-order chi connectivity index (χ0) is 23.1. The first kappa shape index (κ1) is 22.2. The van der Waals surface area contributed by atoms with Crippen molar-refractivity contribution in [2.45, 2.75) is 13.8 Å². The van der Waals surface area contributed by atoms with Crippen LogP contribution in [0.15, 0.2) is 72.8 Å². The molecule has 0 bridgehead atoms. The smallest absolute Gasteiger partial charge is 0.267 e. The van der Waals surface area contributed by atoms with Crippen LogP contribution >= 0.6 is 0 Å². The van der Waals surface area contributed by atoms with E-state index in [9.17, 15) is 19.2 Å². The van der Waals surface area contributed by atoms with Gasteiger partial charge in [-0.3, -0.25) is 40.9 Å². The highest BCUT2D eigenvalue weighted by molar-refractivity contribution is 6.01. The molecule has 0 aromatic heterocycles. The van der Waals surface area contributed by atoms with Gasteiger partial charge in [-0.25, -0.2) is 0 Å². The normalized spacial score (nSPS) is 10.1. The molecule has 3 aromatic rings. The molecule has 0 radical (unpaired) electrons. The van der Waals surface area contributed by atoms with Crippen molar-refractivity contribution in [3.05, 3.63) is 106 Å². The summed E-state index contributed by atoms with van der Waals surface area (Å²) in [4.78, 5) is 48.6. The summed E-state index contributed by atoms with van der Waals surface area (Å²) < 4.78 is 0. The maximum atomic E-state index is 12.2. The van der Waals surface area contributed by atoms with E-state index in [2.05, 4.69) is 21.7 Å². The van der Waals surface area contributed by atoms with Crippen molar-refractivity contribution in [1.29, 1.82) is 0 Å². The molecule has 0 heterocycles. The van der Waals surface area contributed by atoms with Crippen molar-refractivity contribution < 1.29 is 19.2 Å². The van der Waals surface area contributed by atoms with Gasteiger partial charge in [0.15, 0.2) is 0 Å². The topological polar surface area (TPSA) is 116 Å². The first-order valence-corrected chi connectivity index (χ1v) is 9.78. The zero-order valence-corrected chi connectivity index (χ0v) is 17.6. The number of hydrogen-bond donors (Lipinski definition) is 4. The summed E-state index contributed by atoms with van der Waals surface area (Å²) in [5.41, 5.74) is 12.7. The molecular formula is C24H22N4O4. The monoisotopic (exact) mass is 430 g/mol. The number of hydrogen-bond acceptors (Lipinski definition) is 4. The fraction of sp³-hybridized carbons (Fsp3) is 0.0833. The van der Waals surface area contributed by atoms with Crippen molar-refractivity contribution in [2.24, 2.45) is 0 Å². The molecule has 0 aliphatic heterocycles. The van der Waals surface area contributed by atoms with Gasteiger partial charge < -0.3 is 0 Å². The van der Waals surface area contributed by atoms with Gasteiger partial charge in [-0.15, -0.1) is 0 Å². The van der Waals surface area contributed by atoms with Gasteiger partial charge in [0.1, 0.15) is 0 Å². The number of benzene rings is 3. The highest BCUT2D eigenvalue weighted by Crippen LogP contribution is 2.06. The van der Waals surface area contributed by atoms with Gasteiger partial charge in [-0.05, 0) is 62.4 Å². The molecule has 8 nitrogen and oxygen atoms in total. The van der Waals surface area contributed by atoms with Gasteiger partial charge in [0.05, 0.1) is 0 Å². The quantitative estimate of drug-likeness (QED) is 0.476. The average Bonchev–Trinajstić information content (AvgIpc) is 2.81. The summed E-state index contributed by atoms with van der Waals surface area (Å²) in [6.45, 7) is 3.82. The van der Waals surface area contributed by atoms with Gasteiger partial charge in [-0.2, -0.15) is 0 Å². The fourth-order valence-electron chi connectivity index (χ4n) is 2.70. The lowest BCUT2D eigenvalue weighted by molar-refractivity contribution is 0.0844. The Balaban J connectivity index is 1.51. The van der Waals surface area contributed by atoms with Crippen LogP contribution in [0.1, 0.15) is 52.6 Å². The van der Waals surface area contributed by atoms with E-state index in [1.165, 1.54) is 24.3 Å². The van der Waals surface area contributed by atoms with E-state index in [-0.39, 0.29) is 11.1 Å². The largest absolute Gasteiger partial charge is 0.269 e. The molecule has 4 amide bonds. The molecule has 3 aromatic carbocycles. The van der Waals surface area contributed by atoms with Crippen molar-refractivity contribution in [3.8, 4) is 0 Å². The van der Waals surface area contributed by atoms with E-state index in [4.69, 9.17) is 0 Å². The molecule has 3 rings (SSSR count). The molecule has 0 unspecified atom stereocenters. The minimum absolute atomic E-state index is 0.245. The van der Waals surface area contributed by atoms with E-state index in [0.29, 0.717) is 11.1 Å². The van der Waals surface area contributed by atoms with Crippen LogP contribution in [0, 0.1) is 13.8 Å². The fourth-order valence-corrected chi connectivity index (χ4v) is 2.70. The summed E-state index contributed by atoms with van der Waals surface area (Å²) in [5, 5.41) is 0. The number of nitrogens with one attached hydrogen (secondary N) is 4. The van der Waals surface area contributed by atoms with Crippen LogP contribution in [-0.2, 0) is 0 Å². The van der Waals surface area contributed by atoms with E-state index >= 15 is 0 Å². The van der Waals surface area contributed by atoms with Crippen molar-refractivity contribution in [2.75, 3.05) is 0 Å². The number of carbonyl (C=O) groups excluding carboxylic acids is 4. The van der Waals surface area contributed by atoms with Crippen molar-refractivity contribution >= 4 is 23.6 Å². The number of hydrazine groups is 2. The molecule has 32 heavy (non-hydrogen) atoms. The van der Waals surface area contributed by atoms with E-state index < -0.39 is 23.6 Å². The Kier molecular flexibility index (Phi) is 6.97. The summed E-state index contributed by atoms with van der Waals surface area (Å²) in [7, 11) is 0. The lowest BCUT2D eigenvalue weighted by Crippen LogP contribution is -2.42. The van der Waals surface area contributed by atoms with Gasteiger partial charge in [0.25, 0.3) is 23.6 Å². The Morgan fingerprint density at radius 1 is 0.406 bits per heavy atom. The summed E-state index contributed by atoms with van der Waals surface area (Å²) in [5.74, 6) is -1.97. The predicted molar refractivity (Wildman–Crippen MR) is 119 cm³/mol. The van der Waals surface area contributed by atoms with Crippen LogP contribution in [0.3, 0.4) is 0 Å². The van der Waals surface area contributed by atoms with E-state index in [0.717, 1.165) is 11.1 Å². The Morgan fingerprint density at radius 3 is 0.812 bits per heavy atom. The Hall–Kier alpha value is -4.46. The van der Waals surface area contributed by atoms with Gasteiger partial charge >= 0.3 is 0 Å². The summed E-state index contributed by atoms with van der Waals surface area (Å²) in [6.07, 6.45) is 0. The standard InChI is InChI=1S/C24H22N4O4/c1-15-3-7-17(8-4-15)21(29)25-27-23(31)19-11-13-20(14-12-19)24(32)28-26-22(30)18-9-5-16(2)6-10-18/h3-14H,1-2H3,(H,25,29)(H,26,30)(H,27,31)(H,28,32).